The molecule has 5 rings (SSSR count). The number of hydrogen-bond acceptors (Lipinski definition) is 4. The molecule has 2 aromatic carbocycles. The van der Waals surface area contributed by atoms with E-state index in [4.69, 9.17) is 16.6 Å². The molecule has 4 aromatic rings. The van der Waals surface area contributed by atoms with Crippen molar-refractivity contribution < 1.29 is 4.92 Å². The Labute approximate surface area is 172 Å². The molecule has 146 valence electrons. The summed E-state index contributed by atoms with van der Waals surface area (Å²) >= 11 is 6.85. The Hall–Kier alpha value is -2.99. The maximum atomic E-state index is 11.0. The third-order valence-corrected chi connectivity index (χ3v) is 6.12. The lowest BCUT2D eigenvalue weighted by molar-refractivity contribution is -0.384. The van der Waals surface area contributed by atoms with E-state index in [1.54, 1.807) is 18.3 Å². The van der Waals surface area contributed by atoms with Crippen molar-refractivity contribution in [1.29, 1.82) is 0 Å². The van der Waals surface area contributed by atoms with Gasteiger partial charge in [-0.25, -0.2) is 4.98 Å². The van der Waals surface area contributed by atoms with Gasteiger partial charge in [-0.1, -0.05) is 36.9 Å². The summed E-state index contributed by atoms with van der Waals surface area (Å²) in [4.78, 5) is 20.1. The smallest absolute Gasteiger partial charge is 0.269 e. The monoisotopic (exact) mass is 406 g/mol. The van der Waals surface area contributed by atoms with Crippen LogP contribution in [0.4, 0.5) is 5.69 Å². The average molecular weight is 407 g/mol. The van der Waals surface area contributed by atoms with Gasteiger partial charge in [0.15, 0.2) is 0 Å². The van der Waals surface area contributed by atoms with Crippen LogP contribution in [0.1, 0.15) is 38.1 Å². The van der Waals surface area contributed by atoms with E-state index < -0.39 is 0 Å². The van der Waals surface area contributed by atoms with E-state index in [1.165, 1.54) is 31.4 Å². The first-order chi connectivity index (χ1) is 14.1. The van der Waals surface area contributed by atoms with E-state index >= 15 is 0 Å². The van der Waals surface area contributed by atoms with Gasteiger partial charge in [0.25, 0.3) is 5.69 Å². The van der Waals surface area contributed by atoms with Crippen LogP contribution in [0.25, 0.3) is 33.3 Å². The van der Waals surface area contributed by atoms with Crippen molar-refractivity contribution >= 4 is 39.2 Å². The van der Waals surface area contributed by atoms with Crippen LogP contribution in [0.5, 0.6) is 0 Å². The number of hydrogen-bond donors (Lipinski definition) is 0. The molecule has 1 saturated carbocycles. The van der Waals surface area contributed by atoms with Crippen LogP contribution in [0, 0.1) is 10.1 Å². The number of halogens is 1. The van der Waals surface area contributed by atoms with Gasteiger partial charge >= 0.3 is 0 Å². The van der Waals surface area contributed by atoms with Gasteiger partial charge in [0.1, 0.15) is 5.82 Å². The zero-order valence-electron chi connectivity index (χ0n) is 15.7. The van der Waals surface area contributed by atoms with Gasteiger partial charge in [0.2, 0.25) is 0 Å². The molecule has 7 heteroatoms. The Morgan fingerprint density at radius 1 is 1.10 bits per heavy atom. The number of pyridine rings is 1. The third-order valence-electron chi connectivity index (χ3n) is 5.76. The summed E-state index contributed by atoms with van der Waals surface area (Å²) < 4.78 is 2.24. The zero-order chi connectivity index (χ0) is 20.0. The summed E-state index contributed by atoms with van der Waals surface area (Å²) in [6, 6.07) is 12.8. The first-order valence-electron chi connectivity index (χ1n) is 9.83. The normalized spacial score (nSPS) is 15.2. The van der Waals surface area contributed by atoms with Crippen LogP contribution >= 0.6 is 11.6 Å². The van der Waals surface area contributed by atoms with E-state index in [0.717, 1.165) is 46.2 Å². The predicted octanol–water partition coefficient (Wildman–Crippen LogP) is 6.32. The molecule has 0 aliphatic heterocycles. The molecule has 6 nitrogen and oxygen atoms in total. The lowest BCUT2D eigenvalue weighted by Gasteiger charge is -2.26. The molecule has 29 heavy (non-hydrogen) atoms. The fourth-order valence-electron chi connectivity index (χ4n) is 4.38. The number of non-ortho nitro benzene ring substituents is 1. The van der Waals surface area contributed by atoms with Gasteiger partial charge in [-0.3, -0.25) is 15.1 Å². The van der Waals surface area contributed by atoms with Crippen molar-refractivity contribution in [3.8, 4) is 11.4 Å². The summed E-state index contributed by atoms with van der Waals surface area (Å²) in [5, 5.41) is 12.6. The minimum Gasteiger partial charge on any atom is -0.320 e. The van der Waals surface area contributed by atoms with Gasteiger partial charge in [-0.15, -0.1) is 0 Å². The van der Waals surface area contributed by atoms with E-state index in [-0.39, 0.29) is 10.6 Å². The van der Waals surface area contributed by atoms with Gasteiger partial charge in [0, 0.05) is 35.3 Å². The third kappa shape index (κ3) is 3.04. The molecule has 0 radical (unpaired) electrons. The number of nitro groups is 1. The SMILES string of the molecule is O=[N+]([O-])c1ccc(-c2nc3cc4cccnc4c(Cl)c3n2C2CCCCC2)cc1. The number of nitro benzene ring substituents is 1. The lowest BCUT2D eigenvalue weighted by atomic mass is 9.94. The highest BCUT2D eigenvalue weighted by molar-refractivity contribution is 6.39. The molecule has 0 unspecified atom stereocenters. The maximum absolute atomic E-state index is 11.0. The van der Waals surface area contributed by atoms with Crippen LogP contribution in [0.3, 0.4) is 0 Å². The molecule has 0 bridgehead atoms. The van der Waals surface area contributed by atoms with Crippen molar-refractivity contribution in [3.05, 3.63) is 63.8 Å². The molecule has 0 N–H and O–H groups in total. The molecule has 0 saturated heterocycles. The number of fused-ring (bicyclic) bond motifs is 2. The van der Waals surface area contributed by atoms with Crippen LogP contribution in [-0.4, -0.2) is 19.5 Å². The Bertz CT molecular complexity index is 1230. The van der Waals surface area contributed by atoms with Crippen molar-refractivity contribution in [2.75, 3.05) is 0 Å². The molecule has 2 aromatic heterocycles. The van der Waals surface area contributed by atoms with Gasteiger partial charge in [0.05, 0.1) is 26.5 Å². The second-order valence-corrected chi connectivity index (χ2v) is 7.91. The highest BCUT2D eigenvalue weighted by Gasteiger charge is 2.25. The summed E-state index contributed by atoms with van der Waals surface area (Å²) in [6.45, 7) is 0. The number of nitrogens with zero attached hydrogens (tertiary/aromatic N) is 4. The van der Waals surface area contributed by atoms with Crippen LogP contribution in [-0.2, 0) is 0 Å². The average Bonchev–Trinajstić information content (AvgIpc) is 3.14. The predicted molar refractivity (Wildman–Crippen MR) is 114 cm³/mol. The van der Waals surface area contributed by atoms with Crippen LogP contribution in [0.15, 0.2) is 48.7 Å². The minimum absolute atomic E-state index is 0.0713. The van der Waals surface area contributed by atoms with Gasteiger partial charge in [-0.05, 0) is 37.1 Å². The number of rotatable bonds is 3. The van der Waals surface area contributed by atoms with Crippen molar-refractivity contribution in [2.24, 2.45) is 0 Å². The Balaban J connectivity index is 1.78. The van der Waals surface area contributed by atoms with E-state index in [1.807, 2.05) is 18.2 Å². The van der Waals surface area contributed by atoms with E-state index in [0.29, 0.717) is 11.1 Å². The Morgan fingerprint density at radius 2 is 1.86 bits per heavy atom. The minimum atomic E-state index is -0.386. The van der Waals surface area contributed by atoms with Gasteiger partial charge in [-0.2, -0.15) is 0 Å². The standard InChI is InChI=1S/C22H19ClN4O2/c23-19-20-15(5-4-12-24-20)13-18-21(19)26(16-6-2-1-3-7-16)22(25-18)14-8-10-17(11-9-14)27(28)29/h4-5,8-13,16H,1-3,6-7H2. The topological polar surface area (TPSA) is 73.8 Å². The molecule has 0 atom stereocenters. The summed E-state index contributed by atoms with van der Waals surface area (Å²) in [5.74, 6) is 0.805. The first-order valence-corrected chi connectivity index (χ1v) is 10.2. The van der Waals surface area contributed by atoms with E-state index in [9.17, 15) is 10.1 Å². The molecule has 0 spiro atoms. The molecule has 1 aliphatic rings. The summed E-state index contributed by atoms with van der Waals surface area (Å²) in [6.07, 6.45) is 7.48. The largest absolute Gasteiger partial charge is 0.320 e. The number of imidazole rings is 1. The molecular weight excluding hydrogens is 388 g/mol. The fourth-order valence-corrected chi connectivity index (χ4v) is 4.72. The Morgan fingerprint density at radius 3 is 2.59 bits per heavy atom. The number of benzene rings is 2. The molecule has 0 amide bonds. The number of aromatic nitrogens is 3. The van der Waals surface area contributed by atoms with Gasteiger partial charge < -0.3 is 4.57 Å². The molecule has 2 heterocycles. The lowest BCUT2D eigenvalue weighted by Crippen LogP contribution is -2.14. The summed E-state index contributed by atoms with van der Waals surface area (Å²) in [5.41, 5.74) is 3.42. The highest BCUT2D eigenvalue weighted by Crippen LogP contribution is 2.40. The van der Waals surface area contributed by atoms with Crippen LogP contribution in [0.2, 0.25) is 5.02 Å². The van der Waals surface area contributed by atoms with E-state index in [2.05, 4.69) is 9.55 Å². The highest BCUT2D eigenvalue weighted by atomic mass is 35.5. The Kier molecular flexibility index (Phi) is 4.43. The molecular formula is C22H19ClN4O2. The van der Waals surface area contributed by atoms with Crippen molar-refractivity contribution in [2.45, 2.75) is 38.1 Å². The second-order valence-electron chi connectivity index (χ2n) is 7.53. The second kappa shape index (κ2) is 7.12. The zero-order valence-corrected chi connectivity index (χ0v) is 16.5. The van der Waals surface area contributed by atoms with Crippen molar-refractivity contribution in [1.82, 2.24) is 14.5 Å². The fraction of sp³-hybridized carbons (Fsp3) is 0.273. The van der Waals surface area contributed by atoms with Crippen molar-refractivity contribution in [3.63, 3.8) is 0 Å². The maximum Gasteiger partial charge on any atom is 0.269 e. The first kappa shape index (κ1) is 18.1. The molecule has 1 aliphatic carbocycles. The quantitative estimate of drug-likeness (QED) is 0.295. The summed E-state index contributed by atoms with van der Waals surface area (Å²) in [7, 11) is 0. The van der Waals surface area contributed by atoms with Crippen LogP contribution < -0.4 is 0 Å². The molecule has 1 fully saturated rings.